The van der Waals surface area contributed by atoms with Gasteiger partial charge in [-0.1, -0.05) is 22.8 Å². The summed E-state index contributed by atoms with van der Waals surface area (Å²) in [6.45, 7) is 1.94. The average molecular weight is 324 g/mol. The first-order chi connectivity index (χ1) is 11.5. The molecule has 1 amide bonds. The van der Waals surface area contributed by atoms with Crippen molar-refractivity contribution in [3.8, 4) is 11.5 Å². The number of hydrogen-bond acceptors (Lipinski definition) is 6. The minimum atomic E-state index is -0.534. The minimum Gasteiger partial charge on any atom is -0.403 e. The highest BCUT2D eigenvalue weighted by atomic mass is 16.6. The van der Waals surface area contributed by atoms with Crippen molar-refractivity contribution >= 4 is 17.6 Å². The fourth-order valence-electron chi connectivity index (χ4n) is 2.07. The van der Waals surface area contributed by atoms with Crippen LogP contribution in [0.3, 0.4) is 0 Å². The van der Waals surface area contributed by atoms with Gasteiger partial charge in [0, 0.05) is 23.3 Å². The van der Waals surface area contributed by atoms with E-state index in [-0.39, 0.29) is 23.2 Å². The molecule has 3 rings (SSSR count). The molecule has 0 atom stereocenters. The summed E-state index contributed by atoms with van der Waals surface area (Å²) < 4.78 is 5.42. The molecule has 24 heavy (non-hydrogen) atoms. The molecule has 0 radical (unpaired) electrons. The fraction of sp³-hybridized carbons (Fsp3) is 0.0625. The number of hydrogen-bond donors (Lipinski definition) is 1. The van der Waals surface area contributed by atoms with E-state index in [1.807, 2.05) is 31.2 Å². The summed E-state index contributed by atoms with van der Waals surface area (Å²) >= 11 is 0. The summed E-state index contributed by atoms with van der Waals surface area (Å²) in [6, 6.07) is 12.7. The average Bonchev–Trinajstić information content (AvgIpc) is 3.03. The Labute approximate surface area is 136 Å². The third kappa shape index (κ3) is 3.27. The highest BCUT2D eigenvalue weighted by Gasteiger charge is 2.14. The standard InChI is InChI=1S/C16H12N4O4/c1-10-3-2-4-12(9-10)15-18-19-16(24-15)17-14(21)11-5-7-13(8-6-11)20(22)23/h2-9H,1H3,(H,17,19,21). The van der Waals surface area contributed by atoms with Crippen molar-refractivity contribution in [2.24, 2.45) is 0 Å². The lowest BCUT2D eigenvalue weighted by Gasteiger charge is -2.00. The van der Waals surface area contributed by atoms with Gasteiger partial charge in [-0.25, -0.2) is 0 Å². The van der Waals surface area contributed by atoms with E-state index in [0.29, 0.717) is 0 Å². The number of benzene rings is 2. The van der Waals surface area contributed by atoms with Crippen LogP contribution in [-0.4, -0.2) is 21.0 Å². The predicted octanol–water partition coefficient (Wildman–Crippen LogP) is 3.21. The first-order valence-electron chi connectivity index (χ1n) is 6.99. The number of carbonyl (C=O) groups excluding carboxylic acids is 1. The van der Waals surface area contributed by atoms with Gasteiger partial charge >= 0.3 is 6.01 Å². The number of aryl methyl sites for hydroxylation is 1. The molecule has 8 heteroatoms. The predicted molar refractivity (Wildman–Crippen MR) is 85.5 cm³/mol. The number of carbonyl (C=O) groups is 1. The second-order valence-corrected chi connectivity index (χ2v) is 5.04. The summed E-state index contributed by atoms with van der Waals surface area (Å²) in [5.74, 6) is -0.206. The van der Waals surface area contributed by atoms with Gasteiger partial charge in [0.15, 0.2) is 0 Å². The summed E-state index contributed by atoms with van der Waals surface area (Å²) in [7, 11) is 0. The lowest BCUT2D eigenvalue weighted by Crippen LogP contribution is -2.12. The molecule has 0 bridgehead atoms. The van der Waals surface area contributed by atoms with Crippen LogP contribution in [0.25, 0.3) is 11.5 Å². The zero-order valence-corrected chi connectivity index (χ0v) is 12.6. The highest BCUT2D eigenvalue weighted by Crippen LogP contribution is 2.21. The van der Waals surface area contributed by atoms with Crippen LogP contribution in [0.4, 0.5) is 11.7 Å². The zero-order valence-electron chi connectivity index (χ0n) is 12.6. The van der Waals surface area contributed by atoms with E-state index in [1.54, 1.807) is 0 Å². The molecule has 1 aromatic heterocycles. The summed E-state index contributed by atoms with van der Waals surface area (Å²) in [4.78, 5) is 22.2. The van der Waals surface area contributed by atoms with Crippen molar-refractivity contribution in [1.82, 2.24) is 10.2 Å². The van der Waals surface area contributed by atoms with Crippen LogP contribution in [-0.2, 0) is 0 Å². The molecule has 0 aliphatic rings. The Morgan fingerprint density at radius 1 is 1.17 bits per heavy atom. The quantitative estimate of drug-likeness (QED) is 0.582. The Bertz CT molecular complexity index is 902. The molecule has 0 spiro atoms. The van der Waals surface area contributed by atoms with Crippen molar-refractivity contribution in [2.45, 2.75) is 6.92 Å². The molecule has 120 valence electrons. The van der Waals surface area contributed by atoms with Crippen molar-refractivity contribution in [1.29, 1.82) is 0 Å². The number of nitrogens with zero attached hydrogens (tertiary/aromatic N) is 3. The van der Waals surface area contributed by atoms with Crippen molar-refractivity contribution < 1.29 is 14.1 Å². The maximum atomic E-state index is 12.1. The largest absolute Gasteiger partial charge is 0.403 e. The Balaban J connectivity index is 1.74. The molecule has 1 N–H and O–H groups in total. The monoisotopic (exact) mass is 324 g/mol. The molecule has 3 aromatic rings. The third-order valence-electron chi connectivity index (χ3n) is 3.25. The van der Waals surface area contributed by atoms with E-state index in [0.717, 1.165) is 11.1 Å². The molecular weight excluding hydrogens is 312 g/mol. The SMILES string of the molecule is Cc1cccc(-c2nnc(NC(=O)c3ccc([N+](=O)[O-])cc3)o2)c1. The maximum Gasteiger partial charge on any atom is 0.322 e. The van der Waals surface area contributed by atoms with Crippen LogP contribution in [0.15, 0.2) is 52.9 Å². The number of nitrogens with one attached hydrogen (secondary N) is 1. The van der Waals surface area contributed by atoms with Gasteiger partial charge in [-0.3, -0.25) is 20.2 Å². The van der Waals surface area contributed by atoms with Crippen LogP contribution >= 0.6 is 0 Å². The Morgan fingerprint density at radius 3 is 2.58 bits per heavy atom. The second-order valence-electron chi connectivity index (χ2n) is 5.04. The molecule has 0 saturated carbocycles. The van der Waals surface area contributed by atoms with Gasteiger partial charge in [0.1, 0.15) is 0 Å². The van der Waals surface area contributed by atoms with Gasteiger partial charge in [0.2, 0.25) is 5.89 Å². The Hall–Kier alpha value is -3.55. The molecule has 0 unspecified atom stereocenters. The number of nitro groups is 1. The Morgan fingerprint density at radius 2 is 1.92 bits per heavy atom. The van der Waals surface area contributed by atoms with Crippen LogP contribution in [0.2, 0.25) is 0 Å². The topological polar surface area (TPSA) is 111 Å². The molecule has 2 aromatic carbocycles. The molecule has 0 aliphatic heterocycles. The van der Waals surface area contributed by atoms with E-state index >= 15 is 0 Å². The lowest BCUT2D eigenvalue weighted by molar-refractivity contribution is -0.384. The number of rotatable bonds is 4. The summed E-state index contributed by atoms with van der Waals surface area (Å²) in [6.07, 6.45) is 0. The summed E-state index contributed by atoms with van der Waals surface area (Å²) in [5.41, 5.74) is 1.95. The molecule has 1 heterocycles. The fourth-order valence-corrected chi connectivity index (χ4v) is 2.07. The zero-order chi connectivity index (χ0) is 17.1. The lowest BCUT2D eigenvalue weighted by atomic mass is 10.1. The molecule has 0 aliphatic carbocycles. The number of anilines is 1. The van der Waals surface area contributed by atoms with E-state index in [2.05, 4.69) is 15.5 Å². The van der Waals surface area contributed by atoms with Gasteiger partial charge in [-0.15, -0.1) is 5.10 Å². The van der Waals surface area contributed by atoms with Crippen molar-refractivity contribution in [2.75, 3.05) is 5.32 Å². The molecule has 8 nitrogen and oxygen atoms in total. The van der Waals surface area contributed by atoms with Gasteiger partial charge in [-0.2, -0.15) is 0 Å². The van der Waals surface area contributed by atoms with E-state index in [1.165, 1.54) is 24.3 Å². The van der Waals surface area contributed by atoms with Crippen LogP contribution in [0.5, 0.6) is 0 Å². The van der Waals surface area contributed by atoms with Gasteiger partial charge in [-0.05, 0) is 31.2 Å². The van der Waals surface area contributed by atoms with Gasteiger partial charge in [0.05, 0.1) is 4.92 Å². The molecular formula is C16H12N4O4. The van der Waals surface area contributed by atoms with Gasteiger partial charge < -0.3 is 4.42 Å². The number of aromatic nitrogens is 2. The van der Waals surface area contributed by atoms with E-state index < -0.39 is 10.8 Å². The number of non-ortho nitro benzene ring substituents is 1. The van der Waals surface area contributed by atoms with Gasteiger partial charge in [0.25, 0.3) is 11.6 Å². The third-order valence-corrected chi connectivity index (χ3v) is 3.25. The normalized spacial score (nSPS) is 10.4. The van der Waals surface area contributed by atoms with Crippen molar-refractivity contribution in [3.63, 3.8) is 0 Å². The number of nitro benzene ring substituents is 1. The molecule has 0 fully saturated rings. The molecule has 0 saturated heterocycles. The van der Waals surface area contributed by atoms with Crippen LogP contribution < -0.4 is 5.32 Å². The first-order valence-corrected chi connectivity index (χ1v) is 6.99. The second kappa shape index (κ2) is 6.29. The summed E-state index contributed by atoms with van der Waals surface area (Å²) in [5, 5.41) is 20.7. The highest BCUT2D eigenvalue weighted by molar-refractivity contribution is 6.03. The maximum absolute atomic E-state index is 12.1. The van der Waals surface area contributed by atoms with E-state index in [9.17, 15) is 14.9 Å². The smallest absolute Gasteiger partial charge is 0.322 e. The number of amides is 1. The first kappa shape index (κ1) is 15.3. The minimum absolute atomic E-state index is 0.0464. The van der Waals surface area contributed by atoms with E-state index in [4.69, 9.17) is 4.42 Å². The van der Waals surface area contributed by atoms with Crippen molar-refractivity contribution in [3.05, 3.63) is 69.8 Å². The Kier molecular flexibility index (Phi) is 4.02. The van der Waals surface area contributed by atoms with Crippen LogP contribution in [0.1, 0.15) is 15.9 Å². The van der Waals surface area contributed by atoms with Crippen LogP contribution in [0, 0.1) is 17.0 Å².